The van der Waals surface area contributed by atoms with Crippen LogP contribution in [0.15, 0.2) is 109 Å². The summed E-state index contributed by atoms with van der Waals surface area (Å²) in [5.41, 5.74) is 0. The molecule has 50 heavy (non-hydrogen) atoms. The molecule has 0 bridgehead atoms. The Morgan fingerprint density at radius 2 is 0.980 bits per heavy atom. The largest absolute Gasteiger partial charge is 0.387 e. The molecule has 0 rings (SSSR count). The predicted octanol–water partition coefficient (Wildman–Crippen LogP) is 11.2. The molecule has 0 aromatic rings. The van der Waals surface area contributed by atoms with E-state index in [1.807, 2.05) is 0 Å². The standard InChI is InChI=1S/C43H69NO5S/c1-3-5-7-9-11-13-15-17-18-19-20-21-22-23-24-25-26-27-29-31-33-35-37-39-43(46)44-41(40-50(47,48)49)42(45)38-36-34-32-30-28-16-14-12-10-8-6-4-2/h5,7,10-13,17-18,20-21,23-24,26-28,30,36,38,41-42,45H,3-4,6,8-9,14-16,19,22,25,29,31-35,37,39-40H2,1-2H3,(H,44,46)(H,47,48,49)/b7-5-,12-10+,13-11-,18-17-,21-20-,24-23-,27-26-,30-28+,38-36+. The minimum absolute atomic E-state index is 0.247. The number of carbonyl (C=O) groups is 1. The van der Waals surface area contributed by atoms with Crippen LogP contribution in [0, 0.1) is 0 Å². The Kier molecular flexibility index (Phi) is 33.7. The average molecular weight is 712 g/mol. The van der Waals surface area contributed by atoms with Gasteiger partial charge in [-0.2, -0.15) is 8.42 Å². The van der Waals surface area contributed by atoms with E-state index < -0.39 is 28.0 Å². The van der Waals surface area contributed by atoms with Crippen LogP contribution in [0.1, 0.15) is 136 Å². The summed E-state index contributed by atoms with van der Waals surface area (Å²) in [6, 6.07) is -1.10. The lowest BCUT2D eigenvalue weighted by molar-refractivity contribution is -0.122. The molecule has 0 saturated carbocycles. The van der Waals surface area contributed by atoms with E-state index in [-0.39, 0.29) is 12.3 Å². The molecule has 0 spiro atoms. The molecule has 0 fully saturated rings. The van der Waals surface area contributed by atoms with Gasteiger partial charge in [0.15, 0.2) is 0 Å². The molecular formula is C43H69NO5S. The van der Waals surface area contributed by atoms with E-state index in [1.54, 1.807) is 6.08 Å². The van der Waals surface area contributed by atoms with Gasteiger partial charge in [-0.25, -0.2) is 0 Å². The Balaban J connectivity index is 4.09. The highest BCUT2D eigenvalue weighted by Crippen LogP contribution is 2.09. The maximum absolute atomic E-state index is 12.5. The van der Waals surface area contributed by atoms with Crippen molar-refractivity contribution in [2.24, 2.45) is 0 Å². The minimum atomic E-state index is -4.37. The maximum Gasteiger partial charge on any atom is 0.267 e. The highest BCUT2D eigenvalue weighted by atomic mass is 32.2. The second-order valence-corrected chi connectivity index (χ2v) is 13.9. The zero-order valence-electron chi connectivity index (χ0n) is 31.2. The van der Waals surface area contributed by atoms with Crippen LogP contribution >= 0.6 is 0 Å². The van der Waals surface area contributed by atoms with Crippen molar-refractivity contribution >= 4 is 16.0 Å². The summed E-state index contributed by atoms with van der Waals surface area (Å²) >= 11 is 0. The highest BCUT2D eigenvalue weighted by molar-refractivity contribution is 7.85. The zero-order chi connectivity index (χ0) is 36.8. The van der Waals surface area contributed by atoms with Gasteiger partial charge in [0.2, 0.25) is 5.91 Å². The summed E-state index contributed by atoms with van der Waals surface area (Å²) in [6.07, 6.45) is 55.0. The van der Waals surface area contributed by atoms with E-state index in [0.29, 0.717) is 12.8 Å². The molecule has 0 aliphatic rings. The topological polar surface area (TPSA) is 104 Å². The smallest absolute Gasteiger partial charge is 0.267 e. The molecule has 0 aromatic heterocycles. The third kappa shape index (κ3) is 36.3. The molecule has 0 aromatic carbocycles. The molecule has 0 saturated heterocycles. The quantitative estimate of drug-likeness (QED) is 0.0366. The van der Waals surface area contributed by atoms with Crippen LogP contribution in [-0.2, 0) is 14.9 Å². The molecule has 1 amide bonds. The molecular weight excluding hydrogens is 643 g/mol. The summed E-state index contributed by atoms with van der Waals surface area (Å²) in [5, 5.41) is 13.1. The van der Waals surface area contributed by atoms with Gasteiger partial charge in [0, 0.05) is 6.42 Å². The van der Waals surface area contributed by atoms with Crippen molar-refractivity contribution in [2.75, 3.05) is 5.75 Å². The Bertz CT molecular complexity index is 1190. The van der Waals surface area contributed by atoms with Crippen LogP contribution in [0.3, 0.4) is 0 Å². The molecule has 0 heterocycles. The van der Waals surface area contributed by atoms with E-state index in [4.69, 9.17) is 0 Å². The summed E-state index contributed by atoms with van der Waals surface area (Å²) in [5.74, 6) is -1.06. The molecule has 0 radical (unpaired) electrons. The number of unbranched alkanes of at least 4 members (excludes halogenated alkanes) is 8. The highest BCUT2D eigenvalue weighted by Gasteiger charge is 2.24. The Morgan fingerprint density at radius 1 is 0.560 bits per heavy atom. The Morgan fingerprint density at radius 3 is 1.48 bits per heavy atom. The Labute approximate surface area is 306 Å². The molecule has 0 aliphatic heterocycles. The second kappa shape index (κ2) is 35.8. The van der Waals surface area contributed by atoms with Gasteiger partial charge in [0.1, 0.15) is 0 Å². The molecule has 6 nitrogen and oxygen atoms in total. The fourth-order valence-electron chi connectivity index (χ4n) is 4.82. The van der Waals surface area contributed by atoms with E-state index in [9.17, 15) is 22.9 Å². The third-order valence-corrected chi connectivity index (χ3v) is 8.44. The van der Waals surface area contributed by atoms with E-state index in [1.165, 1.54) is 18.9 Å². The van der Waals surface area contributed by atoms with Gasteiger partial charge in [-0.3, -0.25) is 9.35 Å². The zero-order valence-corrected chi connectivity index (χ0v) is 32.0. The van der Waals surface area contributed by atoms with Crippen LogP contribution in [-0.4, -0.2) is 41.9 Å². The molecule has 7 heteroatoms. The first-order valence-electron chi connectivity index (χ1n) is 19.1. The minimum Gasteiger partial charge on any atom is -0.387 e. The van der Waals surface area contributed by atoms with Crippen molar-refractivity contribution in [3.05, 3.63) is 109 Å². The summed E-state index contributed by atoms with van der Waals surface area (Å²) in [4.78, 5) is 12.5. The molecule has 2 unspecified atom stereocenters. The monoisotopic (exact) mass is 711 g/mol. The van der Waals surface area contributed by atoms with Crippen LogP contribution in [0.5, 0.6) is 0 Å². The van der Waals surface area contributed by atoms with Crippen LogP contribution in [0.2, 0.25) is 0 Å². The number of carbonyl (C=O) groups excluding carboxylic acids is 1. The van der Waals surface area contributed by atoms with Crippen molar-refractivity contribution in [3.63, 3.8) is 0 Å². The lowest BCUT2D eigenvalue weighted by atomic mass is 10.1. The number of aliphatic hydroxyl groups is 1. The lowest BCUT2D eigenvalue weighted by Gasteiger charge is -2.21. The number of hydrogen-bond donors (Lipinski definition) is 3. The predicted molar refractivity (Wildman–Crippen MR) is 216 cm³/mol. The van der Waals surface area contributed by atoms with Crippen molar-refractivity contribution in [1.29, 1.82) is 0 Å². The summed E-state index contributed by atoms with van der Waals surface area (Å²) < 4.78 is 32.4. The van der Waals surface area contributed by atoms with Gasteiger partial charge in [0.05, 0.1) is 17.9 Å². The molecule has 3 N–H and O–H groups in total. The van der Waals surface area contributed by atoms with Gasteiger partial charge in [0.25, 0.3) is 10.1 Å². The van der Waals surface area contributed by atoms with Crippen LogP contribution in [0.4, 0.5) is 0 Å². The fourth-order valence-corrected chi connectivity index (χ4v) is 5.55. The number of rotatable bonds is 32. The van der Waals surface area contributed by atoms with Gasteiger partial charge in [-0.15, -0.1) is 0 Å². The van der Waals surface area contributed by atoms with Crippen molar-refractivity contribution in [2.45, 2.75) is 148 Å². The van der Waals surface area contributed by atoms with Crippen molar-refractivity contribution < 1.29 is 22.9 Å². The number of aliphatic hydroxyl groups excluding tert-OH is 1. The fraction of sp³-hybridized carbons (Fsp3) is 0.558. The van der Waals surface area contributed by atoms with Gasteiger partial charge < -0.3 is 10.4 Å². The SMILES string of the molecule is CC/C=C\C/C=C\C/C=C\C/C=C\C/C=C\C/C=C\CCCCCCC(=O)NC(CS(=O)(=O)O)C(O)/C=C/CC/C=C/CC/C=C/CCCC. The summed E-state index contributed by atoms with van der Waals surface area (Å²) in [6.45, 7) is 4.34. The van der Waals surface area contributed by atoms with Crippen molar-refractivity contribution in [3.8, 4) is 0 Å². The number of allylic oxidation sites excluding steroid dienone is 17. The first kappa shape index (κ1) is 47.0. The summed E-state index contributed by atoms with van der Waals surface area (Å²) in [7, 11) is -4.37. The molecule has 0 aliphatic carbocycles. The Hall–Kier alpha value is -3.00. The van der Waals surface area contributed by atoms with E-state index >= 15 is 0 Å². The lowest BCUT2D eigenvalue weighted by Crippen LogP contribution is -2.46. The first-order chi connectivity index (χ1) is 24.3. The van der Waals surface area contributed by atoms with E-state index in [0.717, 1.165) is 89.9 Å². The maximum atomic E-state index is 12.5. The number of hydrogen-bond acceptors (Lipinski definition) is 4. The van der Waals surface area contributed by atoms with Gasteiger partial charge in [-0.1, -0.05) is 149 Å². The number of amides is 1. The third-order valence-electron chi connectivity index (χ3n) is 7.66. The average Bonchev–Trinajstić information content (AvgIpc) is 3.08. The molecule has 2 atom stereocenters. The van der Waals surface area contributed by atoms with E-state index in [2.05, 4.69) is 116 Å². The second-order valence-electron chi connectivity index (χ2n) is 12.4. The molecule has 282 valence electrons. The normalized spacial score (nSPS) is 14.6. The van der Waals surface area contributed by atoms with Gasteiger partial charge >= 0.3 is 0 Å². The van der Waals surface area contributed by atoms with Crippen LogP contribution in [0.25, 0.3) is 0 Å². The van der Waals surface area contributed by atoms with Gasteiger partial charge in [-0.05, 0) is 89.9 Å². The van der Waals surface area contributed by atoms with Crippen molar-refractivity contribution in [1.82, 2.24) is 5.32 Å². The first-order valence-corrected chi connectivity index (χ1v) is 20.7. The number of nitrogens with one attached hydrogen (secondary N) is 1. The van der Waals surface area contributed by atoms with Crippen LogP contribution < -0.4 is 5.32 Å².